The van der Waals surface area contributed by atoms with E-state index in [4.69, 9.17) is 4.74 Å². The molecule has 1 aliphatic heterocycles. The lowest BCUT2D eigenvalue weighted by Crippen LogP contribution is -2.44. The molecule has 2 amide bonds. The van der Waals surface area contributed by atoms with E-state index in [-0.39, 0.29) is 12.1 Å². The SMILES string of the molecule is COC[C@@H](C)NC(=O)NC[C@@H]1CCN(C2CC2)C1. The molecule has 1 heterocycles. The number of carbonyl (C=O) groups is 1. The molecule has 0 spiro atoms. The maximum atomic E-state index is 11.6. The van der Waals surface area contributed by atoms with E-state index in [1.54, 1.807) is 7.11 Å². The number of ether oxygens (including phenoxy) is 1. The van der Waals surface area contributed by atoms with Gasteiger partial charge in [0.25, 0.3) is 0 Å². The van der Waals surface area contributed by atoms with Gasteiger partial charge in [-0.25, -0.2) is 4.79 Å². The number of rotatable bonds is 6. The predicted molar refractivity (Wildman–Crippen MR) is 70.6 cm³/mol. The Morgan fingerprint density at radius 1 is 1.44 bits per heavy atom. The fraction of sp³-hybridized carbons (Fsp3) is 0.923. The lowest BCUT2D eigenvalue weighted by molar-refractivity contribution is 0.170. The maximum Gasteiger partial charge on any atom is 0.315 e. The van der Waals surface area contributed by atoms with Crippen molar-refractivity contribution in [2.75, 3.05) is 33.4 Å². The van der Waals surface area contributed by atoms with Gasteiger partial charge in [-0.2, -0.15) is 0 Å². The molecule has 1 saturated heterocycles. The number of hydrogen-bond donors (Lipinski definition) is 2. The molecule has 2 aliphatic rings. The predicted octanol–water partition coefficient (Wildman–Crippen LogP) is 0.805. The lowest BCUT2D eigenvalue weighted by atomic mass is 10.1. The van der Waals surface area contributed by atoms with Crippen LogP contribution < -0.4 is 10.6 Å². The summed E-state index contributed by atoms with van der Waals surface area (Å²) in [7, 11) is 1.64. The van der Waals surface area contributed by atoms with Gasteiger partial charge >= 0.3 is 6.03 Å². The van der Waals surface area contributed by atoms with Crippen LogP contribution in [0.1, 0.15) is 26.2 Å². The van der Waals surface area contributed by atoms with Crippen molar-refractivity contribution in [1.82, 2.24) is 15.5 Å². The zero-order valence-corrected chi connectivity index (χ0v) is 11.4. The van der Waals surface area contributed by atoms with Crippen LogP contribution in [0.25, 0.3) is 0 Å². The van der Waals surface area contributed by atoms with Gasteiger partial charge in [0.15, 0.2) is 0 Å². The smallest absolute Gasteiger partial charge is 0.315 e. The summed E-state index contributed by atoms with van der Waals surface area (Å²) in [6.07, 6.45) is 3.95. The van der Waals surface area contributed by atoms with Crippen LogP contribution >= 0.6 is 0 Å². The summed E-state index contributed by atoms with van der Waals surface area (Å²) in [4.78, 5) is 14.2. The van der Waals surface area contributed by atoms with E-state index in [0.29, 0.717) is 12.5 Å². The van der Waals surface area contributed by atoms with Crippen molar-refractivity contribution < 1.29 is 9.53 Å². The number of nitrogens with zero attached hydrogens (tertiary/aromatic N) is 1. The summed E-state index contributed by atoms with van der Waals surface area (Å²) in [5.74, 6) is 0.620. The summed E-state index contributed by atoms with van der Waals surface area (Å²) >= 11 is 0. The minimum absolute atomic E-state index is 0.0570. The molecule has 5 heteroatoms. The van der Waals surface area contributed by atoms with Crippen molar-refractivity contribution in [3.8, 4) is 0 Å². The molecule has 0 aromatic carbocycles. The third-order valence-electron chi connectivity index (χ3n) is 3.73. The summed E-state index contributed by atoms with van der Waals surface area (Å²) in [6, 6.07) is 0.830. The summed E-state index contributed by atoms with van der Waals surface area (Å²) in [5.41, 5.74) is 0. The van der Waals surface area contributed by atoms with Crippen LogP contribution in [0.2, 0.25) is 0 Å². The van der Waals surface area contributed by atoms with Gasteiger partial charge in [0.2, 0.25) is 0 Å². The number of methoxy groups -OCH3 is 1. The highest BCUT2D eigenvalue weighted by molar-refractivity contribution is 5.74. The number of likely N-dealkylation sites (tertiary alicyclic amines) is 1. The molecular weight excluding hydrogens is 230 g/mol. The molecule has 2 fully saturated rings. The monoisotopic (exact) mass is 255 g/mol. The first-order valence-corrected chi connectivity index (χ1v) is 6.96. The summed E-state index contributed by atoms with van der Waals surface area (Å²) < 4.78 is 4.98. The minimum atomic E-state index is -0.0792. The van der Waals surface area contributed by atoms with Crippen LogP contribution in [0.4, 0.5) is 4.79 Å². The molecule has 2 atom stereocenters. The average Bonchev–Trinajstić information content (AvgIpc) is 3.06. The van der Waals surface area contributed by atoms with Crippen molar-refractivity contribution >= 4 is 6.03 Å². The normalized spacial score (nSPS) is 26.0. The molecule has 2 N–H and O–H groups in total. The Balaban J connectivity index is 1.58. The van der Waals surface area contributed by atoms with Crippen LogP contribution in [0.5, 0.6) is 0 Å². The molecule has 0 radical (unpaired) electrons. The Hall–Kier alpha value is -0.810. The van der Waals surface area contributed by atoms with Crippen molar-refractivity contribution in [1.29, 1.82) is 0 Å². The van der Waals surface area contributed by atoms with Gasteiger partial charge in [-0.05, 0) is 38.6 Å². The van der Waals surface area contributed by atoms with Crippen LogP contribution in [-0.2, 0) is 4.74 Å². The Labute approximate surface area is 109 Å². The minimum Gasteiger partial charge on any atom is -0.383 e. The molecule has 2 rings (SSSR count). The fourth-order valence-corrected chi connectivity index (χ4v) is 2.60. The third-order valence-corrected chi connectivity index (χ3v) is 3.73. The first-order chi connectivity index (χ1) is 8.69. The second-order valence-corrected chi connectivity index (χ2v) is 5.59. The first-order valence-electron chi connectivity index (χ1n) is 6.96. The number of nitrogens with one attached hydrogen (secondary N) is 2. The van der Waals surface area contributed by atoms with Gasteiger partial charge in [0.05, 0.1) is 12.6 Å². The van der Waals surface area contributed by atoms with Crippen molar-refractivity contribution in [3.63, 3.8) is 0 Å². The lowest BCUT2D eigenvalue weighted by Gasteiger charge is -2.17. The molecule has 0 bridgehead atoms. The highest BCUT2D eigenvalue weighted by atomic mass is 16.5. The van der Waals surface area contributed by atoms with Crippen LogP contribution in [0, 0.1) is 5.92 Å². The summed E-state index contributed by atoms with van der Waals surface area (Å²) in [5, 5.41) is 5.82. The molecule has 1 aliphatic carbocycles. The van der Waals surface area contributed by atoms with Crippen LogP contribution in [0.15, 0.2) is 0 Å². The van der Waals surface area contributed by atoms with E-state index in [0.717, 1.165) is 19.1 Å². The van der Waals surface area contributed by atoms with E-state index in [9.17, 15) is 4.79 Å². The topological polar surface area (TPSA) is 53.6 Å². The van der Waals surface area contributed by atoms with Crippen molar-refractivity contribution in [2.45, 2.75) is 38.3 Å². The van der Waals surface area contributed by atoms with E-state index in [1.165, 1.54) is 25.8 Å². The maximum absolute atomic E-state index is 11.6. The number of carbonyl (C=O) groups excluding carboxylic acids is 1. The molecule has 0 aromatic heterocycles. The Bertz CT molecular complexity index is 281. The van der Waals surface area contributed by atoms with Crippen molar-refractivity contribution in [3.05, 3.63) is 0 Å². The standard InChI is InChI=1S/C13H25N3O2/c1-10(9-18-2)15-13(17)14-7-11-5-6-16(8-11)12-3-4-12/h10-12H,3-9H2,1-2H3,(H2,14,15,17)/t10-,11+/m1/s1. The molecule has 18 heavy (non-hydrogen) atoms. The van der Waals surface area contributed by atoms with Gasteiger partial charge < -0.3 is 20.3 Å². The number of hydrogen-bond acceptors (Lipinski definition) is 3. The second kappa shape index (κ2) is 6.38. The average molecular weight is 255 g/mol. The summed E-state index contributed by atoms with van der Waals surface area (Å²) in [6.45, 7) is 5.63. The second-order valence-electron chi connectivity index (χ2n) is 5.59. The molecule has 5 nitrogen and oxygen atoms in total. The quantitative estimate of drug-likeness (QED) is 0.738. The molecule has 0 unspecified atom stereocenters. The molecule has 1 saturated carbocycles. The largest absolute Gasteiger partial charge is 0.383 e. The Morgan fingerprint density at radius 3 is 2.89 bits per heavy atom. The Kier molecular flexibility index (Phi) is 4.83. The molecule has 104 valence electrons. The highest BCUT2D eigenvalue weighted by Crippen LogP contribution is 2.31. The van der Waals surface area contributed by atoms with Gasteiger partial charge in [-0.1, -0.05) is 0 Å². The number of amides is 2. The van der Waals surface area contributed by atoms with Gasteiger partial charge in [0, 0.05) is 26.2 Å². The van der Waals surface area contributed by atoms with E-state index < -0.39 is 0 Å². The van der Waals surface area contributed by atoms with Gasteiger partial charge in [-0.3, -0.25) is 0 Å². The van der Waals surface area contributed by atoms with E-state index >= 15 is 0 Å². The van der Waals surface area contributed by atoms with Crippen molar-refractivity contribution in [2.24, 2.45) is 5.92 Å². The fourth-order valence-electron chi connectivity index (χ4n) is 2.60. The van der Waals surface area contributed by atoms with E-state index in [1.807, 2.05) is 6.92 Å². The van der Waals surface area contributed by atoms with E-state index in [2.05, 4.69) is 15.5 Å². The molecule has 0 aromatic rings. The molecular formula is C13H25N3O2. The zero-order chi connectivity index (χ0) is 13.0. The highest BCUT2D eigenvalue weighted by Gasteiger charge is 2.34. The van der Waals surface area contributed by atoms with Crippen LogP contribution in [-0.4, -0.2) is 56.4 Å². The Morgan fingerprint density at radius 2 is 2.22 bits per heavy atom. The first kappa shape index (κ1) is 13.6. The van der Waals surface area contributed by atoms with Gasteiger partial charge in [0.1, 0.15) is 0 Å². The van der Waals surface area contributed by atoms with Gasteiger partial charge in [-0.15, -0.1) is 0 Å². The number of urea groups is 1. The van der Waals surface area contributed by atoms with Crippen LogP contribution in [0.3, 0.4) is 0 Å². The zero-order valence-electron chi connectivity index (χ0n) is 11.4. The third kappa shape index (κ3) is 4.14.